The Bertz CT molecular complexity index is 352. The van der Waals surface area contributed by atoms with Crippen molar-refractivity contribution in [1.82, 2.24) is 0 Å². The molecule has 1 saturated heterocycles. The van der Waals surface area contributed by atoms with Crippen LogP contribution in [-0.2, 0) is 9.53 Å². The van der Waals surface area contributed by atoms with Gasteiger partial charge in [0.25, 0.3) is 0 Å². The molecule has 1 fully saturated rings. The van der Waals surface area contributed by atoms with Gasteiger partial charge in [0.1, 0.15) is 6.10 Å². The molecule has 2 nitrogen and oxygen atoms in total. The maximum Gasteiger partial charge on any atom is 0.334 e. The van der Waals surface area contributed by atoms with Gasteiger partial charge < -0.3 is 4.74 Å². The van der Waals surface area contributed by atoms with Gasteiger partial charge in [0, 0.05) is 11.5 Å². The van der Waals surface area contributed by atoms with Crippen LogP contribution in [-0.4, -0.2) is 12.1 Å². The van der Waals surface area contributed by atoms with Crippen LogP contribution in [0.3, 0.4) is 0 Å². The van der Waals surface area contributed by atoms with Gasteiger partial charge in [0.15, 0.2) is 0 Å². The van der Waals surface area contributed by atoms with Gasteiger partial charge in [0.2, 0.25) is 0 Å². The zero-order valence-corrected chi connectivity index (χ0v) is 9.03. The number of hydrogen-bond donors (Lipinski definition) is 0. The molecule has 0 saturated carbocycles. The molecule has 3 atom stereocenters. The predicted octanol–water partition coefficient (Wildman–Crippen LogP) is 2.63. The van der Waals surface area contributed by atoms with E-state index in [1.165, 1.54) is 5.57 Å². The van der Waals surface area contributed by atoms with Crippen molar-refractivity contribution in [1.29, 1.82) is 0 Å². The molecular formula is C13H16O2. The van der Waals surface area contributed by atoms with Gasteiger partial charge in [-0.2, -0.15) is 0 Å². The molecule has 1 aliphatic heterocycles. The molecule has 0 unspecified atom stereocenters. The summed E-state index contributed by atoms with van der Waals surface area (Å²) < 4.78 is 5.31. The summed E-state index contributed by atoms with van der Waals surface area (Å²) in [5.41, 5.74) is 1.89. The largest absolute Gasteiger partial charge is 0.458 e. The maximum atomic E-state index is 11.3. The van der Waals surface area contributed by atoms with Crippen LogP contribution >= 0.6 is 0 Å². The molecule has 1 heterocycles. The summed E-state index contributed by atoms with van der Waals surface area (Å²) in [5, 5.41) is 0. The van der Waals surface area contributed by atoms with Crippen molar-refractivity contribution in [2.45, 2.75) is 25.9 Å². The van der Waals surface area contributed by atoms with Gasteiger partial charge in [0.05, 0.1) is 0 Å². The van der Waals surface area contributed by atoms with Crippen molar-refractivity contribution in [3.63, 3.8) is 0 Å². The molecule has 0 aromatic rings. The van der Waals surface area contributed by atoms with E-state index >= 15 is 0 Å². The fraction of sp³-hybridized carbons (Fsp3) is 0.462. The molecule has 0 bridgehead atoms. The van der Waals surface area contributed by atoms with E-state index in [1.807, 2.05) is 6.08 Å². The minimum atomic E-state index is -0.215. The highest BCUT2D eigenvalue weighted by Gasteiger charge is 2.39. The minimum absolute atomic E-state index is 0.0219. The number of fused-ring (bicyclic) bond motifs is 1. The Morgan fingerprint density at radius 3 is 3.00 bits per heavy atom. The van der Waals surface area contributed by atoms with Gasteiger partial charge in [-0.25, -0.2) is 4.79 Å². The summed E-state index contributed by atoms with van der Waals surface area (Å²) in [5.74, 6) is 0.376. The summed E-state index contributed by atoms with van der Waals surface area (Å²) in [4.78, 5) is 11.3. The van der Waals surface area contributed by atoms with Crippen molar-refractivity contribution < 1.29 is 9.53 Å². The average Bonchev–Trinajstić information content (AvgIpc) is 2.39. The maximum absolute atomic E-state index is 11.3. The first-order chi connectivity index (χ1) is 7.13. The fourth-order valence-electron chi connectivity index (χ4n) is 2.41. The first-order valence-corrected chi connectivity index (χ1v) is 5.35. The molecule has 0 radical (unpaired) electrons. The molecule has 0 aromatic heterocycles. The van der Waals surface area contributed by atoms with Gasteiger partial charge in [-0.05, 0) is 24.3 Å². The Kier molecular flexibility index (Phi) is 2.51. The van der Waals surface area contributed by atoms with Gasteiger partial charge >= 0.3 is 5.97 Å². The highest BCUT2D eigenvalue weighted by Crippen LogP contribution is 2.38. The molecule has 0 amide bonds. The highest BCUT2D eigenvalue weighted by atomic mass is 16.6. The van der Waals surface area contributed by atoms with Crippen molar-refractivity contribution in [2.24, 2.45) is 11.8 Å². The van der Waals surface area contributed by atoms with E-state index < -0.39 is 0 Å². The standard InChI is InChI=1S/C13H16O2/c1-4-10-5-6-11-9(3)13(14)15-12(11)7-8(10)2/h4-5,8,11-12H,1,3,6-7H2,2H3/t8-,11+,12+/m0/s1. The van der Waals surface area contributed by atoms with Crippen molar-refractivity contribution >= 4 is 5.97 Å². The molecular weight excluding hydrogens is 188 g/mol. The van der Waals surface area contributed by atoms with Crippen molar-refractivity contribution in [3.8, 4) is 0 Å². The lowest BCUT2D eigenvalue weighted by Gasteiger charge is -2.16. The lowest BCUT2D eigenvalue weighted by molar-refractivity contribution is -0.139. The molecule has 2 aliphatic rings. The third-order valence-corrected chi connectivity index (χ3v) is 3.42. The Labute approximate surface area is 90.3 Å². The lowest BCUT2D eigenvalue weighted by Crippen LogP contribution is -2.17. The number of rotatable bonds is 1. The quantitative estimate of drug-likeness (QED) is 0.485. The van der Waals surface area contributed by atoms with Crippen LogP contribution in [0.1, 0.15) is 19.8 Å². The molecule has 2 rings (SSSR count). The first kappa shape index (κ1) is 10.2. The van der Waals surface area contributed by atoms with E-state index in [4.69, 9.17) is 4.74 Å². The van der Waals surface area contributed by atoms with Crippen LogP contribution < -0.4 is 0 Å². The number of carbonyl (C=O) groups is 1. The summed E-state index contributed by atoms with van der Waals surface area (Å²) in [6.07, 6.45) is 5.81. The second-order valence-electron chi connectivity index (χ2n) is 4.36. The van der Waals surface area contributed by atoms with E-state index in [9.17, 15) is 4.79 Å². The molecule has 0 N–H and O–H groups in total. The van der Waals surface area contributed by atoms with Crippen molar-refractivity contribution in [3.05, 3.63) is 36.5 Å². The highest BCUT2D eigenvalue weighted by molar-refractivity contribution is 5.90. The number of ether oxygens (including phenoxy) is 1. The summed E-state index contributed by atoms with van der Waals surface area (Å²) >= 11 is 0. The van der Waals surface area contributed by atoms with Crippen LogP contribution in [0.5, 0.6) is 0 Å². The van der Waals surface area contributed by atoms with E-state index in [0.29, 0.717) is 11.5 Å². The first-order valence-electron chi connectivity index (χ1n) is 5.35. The molecule has 15 heavy (non-hydrogen) atoms. The van der Waals surface area contributed by atoms with Crippen LogP contribution in [0.25, 0.3) is 0 Å². The molecule has 0 aromatic carbocycles. The van der Waals surface area contributed by atoms with E-state index in [2.05, 4.69) is 26.2 Å². The molecule has 0 spiro atoms. The molecule has 1 aliphatic carbocycles. The lowest BCUT2D eigenvalue weighted by atomic mass is 9.91. The van der Waals surface area contributed by atoms with Crippen LogP contribution in [0.15, 0.2) is 36.5 Å². The Morgan fingerprint density at radius 1 is 1.60 bits per heavy atom. The minimum Gasteiger partial charge on any atom is -0.458 e. The Morgan fingerprint density at radius 2 is 2.33 bits per heavy atom. The SMILES string of the molecule is C=CC1=CC[C@@H]2C(=C)C(=O)O[C@@H]2C[C@@H]1C. The number of carbonyl (C=O) groups excluding carboxylic acids is 1. The zero-order valence-electron chi connectivity index (χ0n) is 9.03. The Balaban J connectivity index is 2.24. The summed E-state index contributed by atoms with van der Waals surface area (Å²) in [6, 6.07) is 0. The second-order valence-corrected chi connectivity index (χ2v) is 4.36. The predicted molar refractivity (Wildman–Crippen MR) is 59.2 cm³/mol. The van der Waals surface area contributed by atoms with E-state index in [1.54, 1.807) is 0 Å². The summed E-state index contributed by atoms with van der Waals surface area (Å²) in [6.45, 7) is 9.76. The van der Waals surface area contributed by atoms with Gasteiger partial charge in [-0.15, -0.1) is 0 Å². The van der Waals surface area contributed by atoms with Crippen LogP contribution in [0.4, 0.5) is 0 Å². The third kappa shape index (κ3) is 1.65. The Hall–Kier alpha value is -1.31. The van der Waals surface area contributed by atoms with Crippen LogP contribution in [0.2, 0.25) is 0 Å². The van der Waals surface area contributed by atoms with Gasteiger partial charge in [-0.3, -0.25) is 0 Å². The van der Waals surface area contributed by atoms with Crippen molar-refractivity contribution in [2.75, 3.05) is 0 Å². The monoisotopic (exact) mass is 204 g/mol. The smallest absolute Gasteiger partial charge is 0.334 e. The number of allylic oxidation sites excluding steroid dienone is 3. The van der Waals surface area contributed by atoms with Crippen LogP contribution in [0, 0.1) is 11.8 Å². The zero-order chi connectivity index (χ0) is 11.0. The third-order valence-electron chi connectivity index (χ3n) is 3.42. The normalized spacial score (nSPS) is 35.3. The fourth-order valence-corrected chi connectivity index (χ4v) is 2.41. The second kappa shape index (κ2) is 3.69. The van der Waals surface area contributed by atoms with E-state index in [-0.39, 0.29) is 18.0 Å². The average molecular weight is 204 g/mol. The van der Waals surface area contributed by atoms with Gasteiger partial charge in [-0.1, -0.05) is 32.2 Å². The number of hydrogen-bond acceptors (Lipinski definition) is 2. The van der Waals surface area contributed by atoms with E-state index in [0.717, 1.165) is 12.8 Å². The number of esters is 1. The summed E-state index contributed by atoms with van der Waals surface area (Å²) in [7, 11) is 0. The topological polar surface area (TPSA) is 26.3 Å². The molecule has 80 valence electrons. The molecule has 2 heteroatoms.